The SMILES string of the molecule is CC(=O)N[C@H]1C(=O)N(CCCOc2ccccc2Cl)c2ccccc21. The molecule has 2 aromatic carbocycles. The molecule has 1 atom stereocenters. The Morgan fingerprint density at radius 3 is 2.68 bits per heavy atom. The summed E-state index contributed by atoms with van der Waals surface area (Å²) in [5.74, 6) is 0.291. The highest BCUT2D eigenvalue weighted by Crippen LogP contribution is 2.35. The molecule has 2 aromatic rings. The molecule has 0 radical (unpaired) electrons. The van der Waals surface area contributed by atoms with Crippen LogP contribution in [0.2, 0.25) is 5.02 Å². The van der Waals surface area contributed by atoms with Crippen molar-refractivity contribution in [2.45, 2.75) is 19.4 Å². The minimum Gasteiger partial charge on any atom is -0.492 e. The molecule has 0 fully saturated rings. The molecule has 0 aliphatic carbocycles. The highest BCUT2D eigenvalue weighted by atomic mass is 35.5. The van der Waals surface area contributed by atoms with Crippen LogP contribution in [-0.4, -0.2) is 25.0 Å². The smallest absolute Gasteiger partial charge is 0.254 e. The van der Waals surface area contributed by atoms with Crippen LogP contribution in [0, 0.1) is 0 Å². The maximum Gasteiger partial charge on any atom is 0.254 e. The fourth-order valence-corrected chi connectivity index (χ4v) is 3.12. The molecule has 6 heteroatoms. The number of nitrogens with zero attached hydrogens (tertiary/aromatic N) is 1. The second-order valence-electron chi connectivity index (χ2n) is 5.81. The van der Waals surface area contributed by atoms with Crippen LogP contribution >= 0.6 is 11.6 Å². The summed E-state index contributed by atoms with van der Waals surface area (Å²) >= 11 is 6.06. The first kappa shape index (κ1) is 17.3. The van der Waals surface area contributed by atoms with Crippen LogP contribution in [0.1, 0.15) is 24.9 Å². The molecular weight excluding hydrogens is 340 g/mol. The van der Waals surface area contributed by atoms with E-state index in [0.717, 1.165) is 11.3 Å². The molecule has 0 spiro atoms. The summed E-state index contributed by atoms with van der Waals surface area (Å²) in [4.78, 5) is 25.8. The number of nitrogens with one attached hydrogen (secondary N) is 1. The Hall–Kier alpha value is -2.53. The number of ether oxygens (including phenoxy) is 1. The maximum absolute atomic E-state index is 12.7. The van der Waals surface area contributed by atoms with Gasteiger partial charge < -0.3 is 15.0 Å². The minimum absolute atomic E-state index is 0.117. The summed E-state index contributed by atoms with van der Waals surface area (Å²) in [6, 6.07) is 14.2. The fourth-order valence-electron chi connectivity index (χ4n) is 2.93. The van der Waals surface area contributed by atoms with Gasteiger partial charge in [-0.25, -0.2) is 0 Å². The number of anilines is 1. The Balaban J connectivity index is 1.63. The number of carbonyl (C=O) groups excluding carboxylic acids is 2. The van der Waals surface area contributed by atoms with Gasteiger partial charge in [0.25, 0.3) is 5.91 Å². The zero-order valence-corrected chi connectivity index (χ0v) is 14.6. The van der Waals surface area contributed by atoms with E-state index in [4.69, 9.17) is 16.3 Å². The molecule has 0 unspecified atom stereocenters. The number of carbonyl (C=O) groups is 2. The van der Waals surface area contributed by atoms with E-state index in [-0.39, 0.29) is 11.8 Å². The van der Waals surface area contributed by atoms with Crippen LogP contribution in [-0.2, 0) is 9.59 Å². The van der Waals surface area contributed by atoms with Crippen molar-refractivity contribution in [3.8, 4) is 5.75 Å². The van der Waals surface area contributed by atoms with Crippen LogP contribution in [0.25, 0.3) is 0 Å². The van der Waals surface area contributed by atoms with Crippen molar-refractivity contribution in [1.29, 1.82) is 0 Å². The molecule has 1 aliphatic rings. The number of halogens is 1. The van der Waals surface area contributed by atoms with Crippen molar-refractivity contribution in [2.75, 3.05) is 18.1 Å². The van der Waals surface area contributed by atoms with Gasteiger partial charge in [0.15, 0.2) is 0 Å². The number of para-hydroxylation sites is 2. The average molecular weight is 359 g/mol. The zero-order chi connectivity index (χ0) is 17.8. The highest BCUT2D eigenvalue weighted by Gasteiger charge is 2.37. The van der Waals surface area contributed by atoms with E-state index in [1.54, 1.807) is 11.0 Å². The first-order chi connectivity index (χ1) is 12.1. The van der Waals surface area contributed by atoms with Crippen molar-refractivity contribution in [1.82, 2.24) is 5.32 Å². The lowest BCUT2D eigenvalue weighted by molar-refractivity contribution is -0.126. The molecule has 3 rings (SSSR count). The van der Waals surface area contributed by atoms with Gasteiger partial charge in [0.2, 0.25) is 5.91 Å². The molecular formula is C19H19ClN2O3. The molecule has 1 N–H and O–H groups in total. The Bertz CT molecular complexity index is 794. The first-order valence-corrected chi connectivity index (χ1v) is 8.50. The predicted octanol–water partition coefficient (Wildman–Crippen LogP) is 3.33. The third kappa shape index (κ3) is 3.77. The standard InChI is InChI=1S/C19H19ClN2O3/c1-13(23)21-18-14-7-2-4-9-16(14)22(19(18)24)11-6-12-25-17-10-5-3-8-15(17)20/h2-5,7-10,18H,6,11-12H2,1H3,(H,21,23)/t18-/m1/s1. The Labute approximate surface area is 151 Å². The van der Waals surface area contributed by atoms with Gasteiger partial charge in [-0.1, -0.05) is 41.9 Å². The van der Waals surface area contributed by atoms with Gasteiger partial charge in [-0.3, -0.25) is 9.59 Å². The second-order valence-corrected chi connectivity index (χ2v) is 6.22. The Morgan fingerprint density at radius 2 is 1.92 bits per heavy atom. The lowest BCUT2D eigenvalue weighted by Crippen LogP contribution is -2.37. The van der Waals surface area contributed by atoms with E-state index in [2.05, 4.69) is 5.32 Å². The molecule has 25 heavy (non-hydrogen) atoms. The van der Waals surface area contributed by atoms with Crippen molar-refractivity contribution in [3.05, 3.63) is 59.1 Å². The molecule has 5 nitrogen and oxygen atoms in total. The van der Waals surface area contributed by atoms with Gasteiger partial charge in [-0.2, -0.15) is 0 Å². The van der Waals surface area contributed by atoms with E-state index < -0.39 is 6.04 Å². The monoisotopic (exact) mass is 358 g/mol. The van der Waals surface area contributed by atoms with Crippen molar-refractivity contribution >= 4 is 29.1 Å². The van der Waals surface area contributed by atoms with E-state index >= 15 is 0 Å². The predicted molar refractivity (Wildman–Crippen MR) is 96.9 cm³/mol. The number of benzene rings is 2. The van der Waals surface area contributed by atoms with Crippen LogP contribution < -0.4 is 15.0 Å². The minimum atomic E-state index is -0.613. The topological polar surface area (TPSA) is 58.6 Å². The summed E-state index contributed by atoms with van der Waals surface area (Å²) in [6.07, 6.45) is 0.651. The molecule has 0 saturated carbocycles. The lowest BCUT2D eigenvalue weighted by Gasteiger charge is -2.18. The van der Waals surface area contributed by atoms with Crippen LogP contribution in [0.5, 0.6) is 5.75 Å². The van der Waals surface area contributed by atoms with Gasteiger partial charge in [0, 0.05) is 24.7 Å². The zero-order valence-electron chi connectivity index (χ0n) is 13.9. The first-order valence-electron chi connectivity index (χ1n) is 8.12. The Kier molecular flexibility index (Phi) is 5.24. The summed E-state index contributed by atoms with van der Waals surface area (Å²) in [5, 5.41) is 3.29. The quantitative estimate of drug-likeness (QED) is 0.806. The van der Waals surface area contributed by atoms with E-state index in [1.165, 1.54) is 6.92 Å². The van der Waals surface area contributed by atoms with Crippen LogP contribution in [0.3, 0.4) is 0 Å². The van der Waals surface area contributed by atoms with Crippen molar-refractivity contribution < 1.29 is 14.3 Å². The van der Waals surface area contributed by atoms with Gasteiger partial charge in [0.1, 0.15) is 11.8 Å². The molecule has 0 aromatic heterocycles. The lowest BCUT2D eigenvalue weighted by atomic mass is 10.1. The molecule has 0 bridgehead atoms. The van der Waals surface area contributed by atoms with Gasteiger partial charge in [-0.05, 0) is 24.6 Å². The third-order valence-electron chi connectivity index (χ3n) is 4.02. The van der Waals surface area contributed by atoms with Gasteiger partial charge in [0.05, 0.1) is 11.6 Å². The van der Waals surface area contributed by atoms with E-state index in [9.17, 15) is 9.59 Å². The maximum atomic E-state index is 12.7. The largest absolute Gasteiger partial charge is 0.492 e. The number of fused-ring (bicyclic) bond motifs is 1. The molecule has 130 valence electrons. The summed E-state index contributed by atoms with van der Waals surface area (Å²) in [7, 11) is 0. The van der Waals surface area contributed by atoms with E-state index in [1.807, 2.05) is 42.5 Å². The fraction of sp³-hybridized carbons (Fsp3) is 0.263. The van der Waals surface area contributed by atoms with Crippen molar-refractivity contribution in [3.63, 3.8) is 0 Å². The second kappa shape index (κ2) is 7.57. The third-order valence-corrected chi connectivity index (χ3v) is 4.33. The van der Waals surface area contributed by atoms with Crippen LogP contribution in [0.4, 0.5) is 5.69 Å². The van der Waals surface area contributed by atoms with Crippen molar-refractivity contribution in [2.24, 2.45) is 0 Å². The summed E-state index contributed by atoms with van der Waals surface area (Å²) in [5.41, 5.74) is 1.67. The molecule has 2 amide bonds. The number of amides is 2. The number of hydrogen-bond acceptors (Lipinski definition) is 3. The summed E-state index contributed by atoms with van der Waals surface area (Å²) in [6.45, 7) is 2.37. The molecule has 1 heterocycles. The average Bonchev–Trinajstić information content (AvgIpc) is 2.85. The Morgan fingerprint density at radius 1 is 1.20 bits per heavy atom. The van der Waals surface area contributed by atoms with E-state index in [0.29, 0.717) is 30.3 Å². The molecule has 0 saturated heterocycles. The summed E-state index contributed by atoms with van der Waals surface area (Å²) < 4.78 is 5.67. The molecule has 1 aliphatic heterocycles. The number of hydrogen-bond donors (Lipinski definition) is 1. The number of rotatable bonds is 6. The highest BCUT2D eigenvalue weighted by molar-refractivity contribution is 6.32. The normalized spacial score (nSPS) is 15.8. The van der Waals surface area contributed by atoms with Crippen LogP contribution in [0.15, 0.2) is 48.5 Å². The van der Waals surface area contributed by atoms with Gasteiger partial charge in [-0.15, -0.1) is 0 Å². The van der Waals surface area contributed by atoms with Gasteiger partial charge >= 0.3 is 0 Å².